The van der Waals surface area contributed by atoms with Gasteiger partial charge in [-0.05, 0) is 30.3 Å². The molecule has 2 aromatic carbocycles. The van der Waals surface area contributed by atoms with Crippen LogP contribution in [0.4, 0.5) is 22.7 Å². The largest absolute Gasteiger partial charge is 0.478 e. The molecule has 0 spiro atoms. The van der Waals surface area contributed by atoms with Gasteiger partial charge in [0, 0.05) is 51.3 Å². The van der Waals surface area contributed by atoms with Gasteiger partial charge in [0.2, 0.25) is 0 Å². The summed E-state index contributed by atoms with van der Waals surface area (Å²) >= 11 is 0. The van der Waals surface area contributed by atoms with Crippen LogP contribution in [0.25, 0.3) is 0 Å². The van der Waals surface area contributed by atoms with E-state index in [1.54, 1.807) is 37.2 Å². The van der Waals surface area contributed by atoms with Crippen molar-refractivity contribution in [3.05, 3.63) is 57.6 Å². The van der Waals surface area contributed by atoms with Crippen LogP contribution in [0.2, 0.25) is 0 Å². The summed E-state index contributed by atoms with van der Waals surface area (Å²) in [5, 5.41) is 28.1. The van der Waals surface area contributed by atoms with Crippen molar-refractivity contribution in [3.63, 3.8) is 0 Å². The number of nitro groups is 1. The van der Waals surface area contributed by atoms with E-state index in [1.165, 1.54) is 18.2 Å². The number of hydrogen-bond donors (Lipinski definition) is 3. The van der Waals surface area contributed by atoms with Crippen molar-refractivity contribution >= 4 is 34.7 Å². The number of nitrogens with zero attached hydrogens (tertiary/aromatic N) is 3. The minimum atomic E-state index is -1.30. The van der Waals surface area contributed by atoms with Gasteiger partial charge in [0.15, 0.2) is 0 Å². The summed E-state index contributed by atoms with van der Waals surface area (Å²) in [6.07, 6.45) is 0. The molecule has 0 saturated carbocycles. The number of anilines is 3. The Hall–Kier alpha value is -3.82. The number of nitro benzene ring substituents is 1. The summed E-state index contributed by atoms with van der Waals surface area (Å²) in [5.74, 6) is -2.30. The van der Waals surface area contributed by atoms with Crippen LogP contribution in [0.1, 0.15) is 20.7 Å². The monoisotopic (exact) mass is 390 g/mol. The van der Waals surface area contributed by atoms with Gasteiger partial charge < -0.3 is 25.7 Å². The van der Waals surface area contributed by atoms with Gasteiger partial charge in [-0.25, -0.2) is 9.59 Å². The number of nitrogen functional groups attached to an aromatic ring is 1. The minimum absolute atomic E-state index is 0.145. The molecule has 0 atom stereocenters. The average Bonchev–Trinajstić information content (AvgIpc) is 2.61. The Bertz CT molecular complexity index is 896. The summed E-state index contributed by atoms with van der Waals surface area (Å²) in [6, 6.07) is 8.90. The van der Waals surface area contributed by atoms with Crippen LogP contribution in [0.5, 0.6) is 0 Å². The highest BCUT2D eigenvalue weighted by Gasteiger charge is 2.20. The summed E-state index contributed by atoms with van der Waals surface area (Å²) in [7, 11) is 7.15. The van der Waals surface area contributed by atoms with E-state index in [-0.39, 0.29) is 16.8 Å². The number of carboxylic acids is 2. The quantitative estimate of drug-likeness (QED) is 0.397. The molecule has 2 aromatic rings. The second kappa shape index (κ2) is 9.21. The second-order valence-electron chi connectivity index (χ2n) is 6.13. The van der Waals surface area contributed by atoms with E-state index < -0.39 is 22.5 Å². The van der Waals surface area contributed by atoms with Crippen molar-refractivity contribution in [1.82, 2.24) is 0 Å². The van der Waals surface area contributed by atoms with Crippen LogP contribution >= 0.6 is 0 Å². The molecule has 0 radical (unpaired) electrons. The number of benzene rings is 2. The molecule has 0 aliphatic carbocycles. The molecule has 2 rings (SSSR count). The van der Waals surface area contributed by atoms with Crippen LogP contribution in [0.3, 0.4) is 0 Å². The maximum absolute atomic E-state index is 10.8. The van der Waals surface area contributed by atoms with E-state index in [0.717, 1.165) is 5.69 Å². The van der Waals surface area contributed by atoms with Gasteiger partial charge in [0.25, 0.3) is 5.69 Å². The Balaban J connectivity index is 0.000000283. The molecule has 0 fully saturated rings. The van der Waals surface area contributed by atoms with E-state index in [9.17, 15) is 19.7 Å². The highest BCUT2D eigenvalue weighted by molar-refractivity contribution is 5.95. The number of nitrogens with two attached hydrogens (primary N) is 1. The Labute approximate surface area is 161 Å². The number of carbonyl (C=O) groups is 2. The summed E-state index contributed by atoms with van der Waals surface area (Å²) in [6.45, 7) is 0. The highest BCUT2D eigenvalue weighted by atomic mass is 16.6. The van der Waals surface area contributed by atoms with Crippen molar-refractivity contribution < 1.29 is 24.7 Å². The fourth-order valence-electron chi connectivity index (χ4n) is 2.14. The van der Waals surface area contributed by atoms with E-state index in [0.29, 0.717) is 5.69 Å². The van der Waals surface area contributed by atoms with Gasteiger partial charge in [-0.3, -0.25) is 10.1 Å². The molecular formula is C18H22N4O6. The molecule has 10 heteroatoms. The molecule has 0 amide bonds. The maximum atomic E-state index is 10.8. The topological polar surface area (TPSA) is 150 Å². The molecule has 0 bridgehead atoms. The van der Waals surface area contributed by atoms with Crippen LogP contribution in [0.15, 0.2) is 36.4 Å². The van der Waals surface area contributed by atoms with Crippen molar-refractivity contribution in [2.75, 3.05) is 43.7 Å². The first kappa shape index (κ1) is 22.2. The van der Waals surface area contributed by atoms with Gasteiger partial charge in [0.05, 0.1) is 10.5 Å². The first-order chi connectivity index (χ1) is 13.0. The lowest BCUT2D eigenvalue weighted by Crippen LogP contribution is -2.11. The van der Waals surface area contributed by atoms with E-state index in [1.807, 2.05) is 19.0 Å². The maximum Gasteiger partial charge on any atom is 0.342 e. The zero-order chi connectivity index (χ0) is 21.6. The van der Waals surface area contributed by atoms with Gasteiger partial charge in [-0.15, -0.1) is 0 Å². The van der Waals surface area contributed by atoms with E-state index in [2.05, 4.69) is 0 Å². The zero-order valence-electron chi connectivity index (χ0n) is 15.9. The predicted octanol–water partition coefficient (Wildman–Crippen LogP) is 2.39. The van der Waals surface area contributed by atoms with Gasteiger partial charge in [-0.1, -0.05) is 0 Å². The third kappa shape index (κ3) is 5.59. The Morgan fingerprint density at radius 2 is 1.32 bits per heavy atom. The van der Waals surface area contributed by atoms with Crippen LogP contribution in [-0.2, 0) is 0 Å². The lowest BCUT2D eigenvalue weighted by Gasteiger charge is -2.13. The number of carboxylic acid groups (broad SMARTS) is 2. The lowest BCUT2D eigenvalue weighted by molar-refractivity contribution is -0.385. The van der Waals surface area contributed by atoms with Crippen molar-refractivity contribution in [3.8, 4) is 0 Å². The van der Waals surface area contributed by atoms with Gasteiger partial charge in [-0.2, -0.15) is 0 Å². The zero-order valence-corrected chi connectivity index (χ0v) is 15.9. The fraction of sp³-hybridized carbons (Fsp3) is 0.222. The molecule has 0 heterocycles. The molecule has 150 valence electrons. The third-order valence-corrected chi connectivity index (χ3v) is 3.71. The fourth-order valence-corrected chi connectivity index (χ4v) is 2.14. The van der Waals surface area contributed by atoms with E-state index >= 15 is 0 Å². The molecule has 0 aliphatic heterocycles. The first-order valence-corrected chi connectivity index (χ1v) is 7.95. The standard InChI is InChI=1S/C9H10N2O4.C9H12N2O2/c1-10(2)6-3-4-8(11(14)15)7(5-6)9(12)13;1-11(2)6-3-4-8(10)7(5-6)9(12)13/h3-5H,1-2H3,(H,12,13);3-5H,10H2,1-2H3,(H,12,13). The van der Waals surface area contributed by atoms with Crippen molar-refractivity contribution in [2.24, 2.45) is 0 Å². The number of aromatic carboxylic acids is 2. The second-order valence-corrected chi connectivity index (χ2v) is 6.13. The van der Waals surface area contributed by atoms with Crippen LogP contribution in [-0.4, -0.2) is 55.3 Å². The molecule has 28 heavy (non-hydrogen) atoms. The number of hydrogen-bond acceptors (Lipinski definition) is 7. The smallest absolute Gasteiger partial charge is 0.342 e. The molecular weight excluding hydrogens is 368 g/mol. The van der Waals surface area contributed by atoms with Crippen molar-refractivity contribution in [2.45, 2.75) is 0 Å². The molecule has 0 aromatic heterocycles. The summed E-state index contributed by atoms with van der Waals surface area (Å²) < 4.78 is 0. The highest BCUT2D eigenvalue weighted by Crippen LogP contribution is 2.24. The molecule has 4 N–H and O–H groups in total. The SMILES string of the molecule is CN(C)c1ccc(N)c(C(=O)O)c1.CN(C)c1ccc([N+](=O)[O-])c(C(=O)O)c1. The minimum Gasteiger partial charge on any atom is -0.478 e. The summed E-state index contributed by atoms with van der Waals surface area (Å²) in [5.41, 5.74) is 6.67. The molecule has 0 saturated heterocycles. The number of rotatable bonds is 5. The molecule has 0 unspecified atom stereocenters. The summed E-state index contributed by atoms with van der Waals surface area (Å²) in [4.78, 5) is 34.8. The molecule has 10 nitrogen and oxygen atoms in total. The normalized spacial score (nSPS) is 9.71. The van der Waals surface area contributed by atoms with Gasteiger partial charge in [0.1, 0.15) is 5.56 Å². The Morgan fingerprint density at radius 1 is 0.893 bits per heavy atom. The molecule has 0 aliphatic rings. The Morgan fingerprint density at radius 3 is 1.71 bits per heavy atom. The predicted molar refractivity (Wildman–Crippen MR) is 107 cm³/mol. The average molecular weight is 390 g/mol. The first-order valence-electron chi connectivity index (χ1n) is 7.95. The van der Waals surface area contributed by atoms with Crippen molar-refractivity contribution in [1.29, 1.82) is 0 Å². The van der Waals surface area contributed by atoms with E-state index in [4.69, 9.17) is 15.9 Å². The third-order valence-electron chi connectivity index (χ3n) is 3.71. The van der Waals surface area contributed by atoms with Gasteiger partial charge >= 0.3 is 11.9 Å². The van der Waals surface area contributed by atoms with Crippen LogP contribution in [0, 0.1) is 10.1 Å². The lowest BCUT2D eigenvalue weighted by atomic mass is 10.1. The Kier molecular flexibility index (Phi) is 7.31. The van der Waals surface area contributed by atoms with Crippen LogP contribution < -0.4 is 15.5 Å².